The van der Waals surface area contributed by atoms with Crippen molar-refractivity contribution in [2.45, 2.75) is 11.8 Å². The highest BCUT2D eigenvalue weighted by atomic mass is 32.2. The van der Waals surface area contributed by atoms with Gasteiger partial charge in [0.15, 0.2) is 0 Å². The first kappa shape index (κ1) is 18.7. The van der Waals surface area contributed by atoms with Crippen LogP contribution in [0.5, 0.6) is 5.75 Å². The third-order valence-electron chi connectivity index (χ3n) is 4.02. The summed E-state index contributed by atoms with van der Waals surface area (Å²) in [5, 5.41) is 3.13. The molecule has 0 unspecified atom stereocenters. The van der Waals surface area contributed by atoms with Gasteiger partial charge in [-0.25, -0.2) is 13.4 Å². The Bertz CT molecular complexity index is 973. The number of hydrogen-bond acceptors (Lipinski definition) is 5. The van der Waals surface area contributed by atoms with Gasteiger partial charge in [0.2, 0.25) is 0 Å². The number of pyridine rings is 1. The van der Waals surface area contributed by atoms with E-state index in [0.717, 1.165) is 11.4 Å². The van der Waals surface area contributed by atoms with Crippen LogP contribution in [-0.2, 0) is 10.0 Å². The molecule has 0 radical (unpaired) electrons. The molecule has 0 amide bonds. The molecule has 0 bridgehead atoms. The SMILES string of the molecule is CCN(c1ccccc1)S(=O)(=O)c1ccc(Nc2ccc(OC)cc2)nc1. The van der Waals surface area contributed by atoms with E-state index < -0.39 is 10.0 Å². The molecule has 1 aromatic heterocycles. The quantitative estimate of drug-likeness (QED) is 0.666. The molecule has 1 heterocycles. The van der Waals surface area contributed by atoms with E-state index in [1.54, 1.807) is 38.3 Å². The monoisotopic (exact) mass is 383 g/mol. The molecule has 0 atom stereocenters. The second-order valence-corrected chi connectivity index (χ2v) is 7.60. The summed E-state index contributed by atoms with van der Waals surface area (Å²) in [6, 6.07) is 19.6. The van der Waals surface area contributed by atoms with Crippen LogP contribution in [0.25, 0.3) is 0 Å². The van der Waals surface area contributed by atoms with E-state index in [1.807, 2.05) is 42.5 Å². The van der Waals surface area contributed by atoms with Crippen LogP contribution >= 0.6 is 0 Å². The number of benzene rings is 2. The van der Waals surface area contributed by atoms with Crippen LogP contribution < -0.4 is 14.4 Å². The van der Waals surface area contributed by atoms with Crippen molar-refractivity contribution in [1.29, 1.82) is 0 Å². The standard InChI is InChI=1S/C20H21N3O3S/c1-3-23(17-7-5-4-6-8-17)27(24,25)19-13-14-20(21-15-19)22-16-9-11-18(26-2)12-10-16/h4-15H,3H2,1-2H3,(H,21,22). The maximum absolute atomic E-state index is 13.0. The largest absolute Gasteiger partial charge is 0.497 e. The summed E-state index contributed by atoms with van der Waals surface area (Å²) in [6.45, 7) is 2.13. The fraction of sp³-hybridized carbons (Fsp3) is 0.150. The zero-order valence-electron chi connectivity index (χ0n) is 15.2. The molecule has 7 heteroatoms. The minimum Gasteiger partial charge on any atom is -0.497 e. The van der Waals surface area contributed by atoms with Crippen molar-refractivity contribution >= 4 is 27.2 Å². The first-order valence-electron chi connectivity index (χ1n) is 8.49. The van der Waals surface area contributed by atoms with Gasteiger partial charge in [-0.3, -0.25) is 4.31 Å². The molecule has 3 aromatic rings. The maximum atomic E-state index is 13.0. The molecule has 0 aliphatic heterocycles. The van der Waals surface area contributed by atoms with Gasteiger partial charge in [-0.15, -0.1) is 0 Å². The molecule has 27 heavy (non-hydrogen) atoms. The van der Waals surface area contributed by atoms with Gasteiger partial charge >= 0.3 is 0 Å². The lowest BCUT2D eigenvalue weighted by molar-refractivity contribution is 0.415. The van der Waals surface area contributed by atoms with Gasteiger partial charge in [-0.2, -0.15) is 0 Å². The van der Waals surface area contributed by atoms with Gasteiger partial charge < -0.3 is 10.1 Å². The Labute approximate surface area is 159 Å². The lowest BCUT2D eigenvalue weighted by Gasteiger charge is -2.22. The lowest BCUT2D eigenvalue weighted by atomic mass is 10.3. The van der Waals surface area contributed by atoms with Gasteiger partial charge in [0.25, 0.3) is 10.0 Å². The number of hydrogen-bond donors (Lipinski definition) is 1. The molecule has 0 aliphatic rings. The number of ether oxygens (including phenoxy) is 1. The number of anilines is 3. The van der Waals surface area contributed by atoms with Gasteiger partial charge in [-0.1, -0.05) is 18.2 Å². The summed E-state index contributed by atoms with van der Waals surface area (Å²) in [5.41, 5.74) is 1.46. The van der Waals surface area contributed by atoms with Crippen molar-refractivity contribution in [3.63, 3.8) is 0 Å². The second kappa shape index (κ2) is 8.09. The minimum atomic E-state index is -3.68. The Morgan fingerprint density at radius 1 is 1.00 bits per heavy atom. The molecule has 1 N–H and O–H groups in total. The van der Waals surface area contributed by atoms with Crippen LogP contribution in [0, 0.1) is 0 Å². The molecular formula is C20H21N3O3S. The molecule has 140 valence electrons. The summed E-state index contributed by atoms with van der Waals surface area (Å²) in [4.78, 5) is 4.39. The Morgan fingerprint density at radius 2 is 1.70 bits per heavy atom. The third kappa shape index (κ3) is 4.20. The first-order valence-corrected chi connectivity index (χ1v) is 9.93. The predicted octanol–water partition coefficient (Wildman–Crippen LogP) is 4.05. The number of methoxy groups -OCH3 is 1. The smallest absolute Gasteiger partial charge is 0.265 e. The van der Waals surface area contributed by atoms with Crippen LogP contribution in [0.3, 0.4) is 0 Å². The molecule has 0 saturated heterocycles. The Balaban J connectivity index is 1.80. The number of aromatic nitrogens is 1. The molecule has 0 saturated carbocycles. The van der Waals surface area contributed by atoms with Crippen molar-refractivity contribution in [2.24, 2.45) is 0 Å². The van der Waals surface area contributed by atoms with Crippen LogP contribution in [0.4, 0.5) is 17.2 Å². The zero-order valence-corrected chi connectivity index (χ0v) is 16.0. The molecule has 6 nitrogen and oxygen atoms in total. The molecular weight excluding hydrogens is 362 g/mol. The van der Waals surface area contributed by atoms with E-state index in [-0.39, 0.29) is 4.90 Å². The number of nitrogens with one attached hydrogen (secondary N) is 1. The van der Waals surface area contributed by atoms with Gasteiger partial charge in [-0.05, 0) is 55.5 Å². The number of nitrogens with zero attached hydrogens (tertiary/aromatic N) is 2. The summed E-state index contributed by atoms with van der Waals surface area (Å²) < 4.78 is 32.4. The molecule has 3 rings (SSSR count). The van der Waals surface area contributed by atoms with E-state index in [4.69, 9.17) is 4.74 Å². The van der Waals surface area contributed by atoms with Crippen LogP contribution in [0.1, 0.15) is 6.92 Å². The number of sulfonamides is 1. The molecule has 0 fully saturated rings. The summed E-state index contributed by atoms with van der Waals surface area (Å²) in [5.74, 6) is 1.32. The number of rotatable bonds is 7. The van der Waals surface area contributed by atoms with E-state index >= 15 is 0 Å². The predicted molar refractivity (Wildman–Crippen MR) is 107 cm³/mol. The average Bonchev–Trinajstić information content (AvgIpc) is 2.70. The third-order valence-corrected chi connectivity index (χ3v) is 5.90. The second-order valence-electron chi connectivity index (χ2n) is 5.74. The highest BCUT2D eigenvalue weighted by Crippen LogP contribution is 2.24. The van der Waals surface area contributed by atoms with Crippen molar-refractivity contribution in [2.75, 3.05) is 23.3 Å². The van der Waals surface area contributed by atoms with Crippen LogP contribution in [0.2, 0.25) is 0 Å². The van der Waals surface area contributed by atoms with Crippen molar-refractivity contribution in [3.05, 3.63) is 72.9 Å². The highest BCUT2D eigenvalue weighted by molar-refractivity contribution is 7.92. The summed E-state index contributed by atoms with van der Waals surface area (Å²) >= 11 is 0. The number of para-hydroxylation sites is 1. The fourth-order valence-electron chi connectivity index (χ4n) is 2.64. The van der Waals surface area contributed by atoms with Crippen molar-refractivity contribution in [3.8, 4) is 5.75 Å². The highest BCUT2D eigenvalue weighted by Gasteiger charge is 2.23. The van der Waals surface area contributed by atoms with E-state index in [1.165, 1.54) is 10.5 Å². The normalized spacial score (nSPS) is 11.0. The Morgan fingerprint density at radius 3 is 2.26 bits per heavy atom. The summed E-state index contributed by atoms with van der Waals surface area (Å²) in [6.07, 6.45) is 1.37. The van der Waals surface area contributed by atoms with E-state index in [2.05, 4.69) is 10.3 Å². The first-order chi connectivity index (χ1) is 13.0. The fourth-order valence-corrected chi connectivity index (χ4v) is 4.06. The van der Waals surface area contributed by atoms with Gasteiger partial charge in [0.05, 0.1) is 12.8 Å². The van der Waals surface area contributed by atoms with Crippen LogP contribution in [-0.4, -0.2) is 27.1 Å². The minimum absolute atomic E-state index is 0.147. The van der Waals surface area contributed by atoms with Gasteiger partial charge in [0, 0.05) is 18.4 Å². The summed E-state index contributed by atoms with van der Waals surface area (Å²) in [7, 11) is -2.07. The Kier molecular flexibility index (Phi) is 5.61. The van der Waals surface area contributed by atoms with Gasteiger partial charge in [0.1, 0.15) is 16.5 Å². The average molecular weight is 383 g/mol. The Hall–Kier alpha value is -3.06. The molecule has 2 aromatic carbocycles. The molecule has 0 spiro atoms. The zero-order chi connectivity index (χ0) is 19.3. The van der Waals surface area contributed by atoms with Crippen molar-refractivity contribution < 1.29 is 13.2 Å². The maximum Gasteiger partial charge on any atom is 0.265 e. The van der Waals surface area contributed by atoms with Crippen molar-refractivity contribution in [1.82, 2.24) is 4.98 Å². The lowest BCUT2D eigenvalue weighted by Crippen LogP contribution is -2.30. The topological polar surface area (TPSA) is 71.5 Å². The van der Waals surface area contributed by atoms with E-state index in [0.29, 0.717) is 18.1 Å². The van der Waals surface area contributed by atoms with E-state index in [9.17, 15) is 8.42 Å². The molecule has 0 aliphatic carbocycles. The van der Waals surface area contributed by atoms with Crippen LogP contribution in [0.15, 0.2) is 77.8 Å².